The maximum atomic E-state index is 12.2. The minimum atomic E-state index is -3.72. The van der Waals surface area contributed by atoms with Gasteiger partial charge < -0.3 is 9.84 Å². The van der Waals surface area contributed by atoms with E-state index < -0.39 is 22.5 Å². The Hall–Kier alpha value is -2.78. The first kappa shape index (κ1) is 22.5. The molecule has 0 unspecified atom stereocenters. The number of phenols is 1. The number of aromatic hydroxyl groups is 1. The van der Waals surface area contributed by atoms with Crippen molar-refractivity contribution in [1.82, 2.24) is 5.43 Å². The number of hydrazone groups is 1. The number of nitrogens with zero attached hydrogens (tertiary/aromatic N) is 2. The summed E-state index contributed by atoms with van der Waals surface area (Å²) < 4.78 is 30.5. The zero-order chi connectivity index (χ0) is 21.6. The number of phenolic OH excluding ortho intramolecular Hbond substituents is 1. The number of rotatable bonds is 8. The van der Waals surface area contributed by atoms with Gasteiger partial charge in [-0.15, -0.1) is 0 Å². The van der Waals surface area contributed by atoms with Crippen LogP contribution in [0.1, 0.15) is 18.1 Å². The number of carbonyl (C=O) groups excluding carboxylic acids is 1. The molecule has 0 fully saturated rings. The molecule has 0 spiro atoms. The third-order valence-corrected chi connectivity index (χ3v) is 5.37. The van der Waals surface area contributed by atoms with Crippen LogP contribution in [0.5, 0.6) is 11.5 Å². The summed E-state index contributed by atoms with van der Waals surface area (Å²) in [6.07, 6.45) is 2.36. The van der Waals surface area contributed by atoms with Crippen molar-refractivity contribution in [3.63, 3.8) is 0 Å². The van der Waals surface area contributed by atoms with Crippen molar-refractivity contribution in [3.8, 4) is 11.5 Å². The average Bonchev–Trinajstić information content (AvgIpc) is 2.64. The molecule has 156 valence electrons. The second-order valence-electron chi connectivity index (χ2n) is 6.16. The van der Waals surface area contributed by atoms with Crippen LogP contribution >= 0.6 is 11.6 Å². The lowest BCUT2D eigenvalue weighted by atomic mass is 10.2. The van der Waals surface area contributed by atoms with Crippen molar-refractivity contribution in [2.24, 2.45) is 5.10 Å². The van der Waals surface area contributed by atoms with E-state index in [1.165, 1.54) is 18.3 Å². The van der Waals surface area contributed by atoms with Gasteiger partial charge in [-0.25, -0.2) is 13.8 Å². The van der Waals surface area contributed by atoms with Crippen LogP contribution in [-0.4, -0.2) is 45.1 Å². The summed E-state index contributed by atoms with van der Waals surface area (Å²) >= 11 is 6.07. The Morgan fingerprint density at radius 2 is 2.03 bits per heavy atom. The van der Waals surface area contributed by atoms with Crippen molar-refractivity contribution >= 4 is 39.4 Å². The third-order valence-electron chi connectivity index (χ3n) is 3.82. The Bertz CT molecular complexity index is 1020. The molecule has 2 rings (SSSR count). The van der Waals surface area contributed by atoms with Crippen LogP contribution in [-0.2, 0) is 14.8 Å². The third kappa shape index (κ3) is 6.37. The van der Waals surface area contributed by atoms with E-state index >= 15 is 0 Å². The van der Waals surface area contributed by atoms with Crippen LogP contribution in [0.15, 0.2) is 41.5 Å². The van der Waals surface area contributed by atoms with E-state index in [4.69, 9.17) is 16.3 Å². The highest BCUT2D eigenvalue weighted by Gasteiger charge is 2.21. The maximum absolute atomic E-state index is 12.2. The minimum absolute atomic E-state index is 0.00594. The highest BCUT2D eigenvalue weighted by atomic mass is 35.5. The minimum Gasteiger partial charge on any atom is -0.504 e. The summed E-state index contributed by atoms with van der Waals surface area (Å²) in [5.74, 6) is -0.344. The first-order valence-electron chi connectivity index (χ1n) is 8.63. The number of halogens is 1. The van der Waals surface area contributed by atoms with E-state index in [0.29, 0.717) is 22.9 Å². The summed E-state index contributed by atoms with van der Waals surface area (Å²) in [5, 5.41) is 13.9. The molecule has 0 atom stereocenters. The van der Waals surface area contributed by atoms with E-state index in [1.807, 2.05) is 0 Å². The van der Waals surface area contributed by atoms with Crippen molar-refractivity contribution in [1.29, 1.82) is 0 Å². The molecule has 0 aliphatic heterocycles. The van der Waals surface area contributed by atoms with Gasteiger partial charge in [-0.05, 0) is 55.3 Å². The molecule has 0 saturated carbocycles. The Morgan fingerprint density at radius 3 is 2.66 bits per heavy atom. The molecule has 0 aliphatic rings. The SMILES string of the molecule is CCOc1cc(/C=N\NC(=O)CN(c2ccc(C)c(Cl)c2)S(C)(=O)=O)ccc1O. The highest BCUT2D eigenvalue weighted by molar-refractivity contribution is 7.92. The number of anilines is 1. The first-order chi connectivity index (χ1) is 13.6. The largest absolute Gasteiger partial charge is 0.504 e. The molecule has 8 nitrogen and oxygen atoms in total. The number of hydrogen-bond donors (Lipinski definition) is 2. The zero-order valence-corrected chi connectivity index (χ0v) is 17.8. The number of hydrogen-bond acceptors (Lipinski definition) is 6. The Labute approximate surface area is 174 Å². The normalized spacial score (nSPS) is 11.4. The molecule has 0 bridgehead atoms. The van der Waals surface area contributed by atoms with Crippen LogP contribution in [0.4, 0.5) is 5.69 Å². The van der Waals surface area contributed by atoms with Gasteiger partial charge in [-0.3, -0.25) is 9.10 Å². The number of carbonyl (C=O) groups is 1. The summed E-state index contributed by atoms with van der Waals surface area (Å²) in [6.45, 7) is 3.50. The monoisotopic (exact) mass is 439 g/mol. The van der Waals surface area contributed by atoms with Gasteiger partial charge >= 0.3 is 0 Å². The van der Waals surface area contributed by atoms with Gasteiger partial charge in [0.15, 0.2) is 11.5 Å². The smallest absolute Gasteiger partial charge is 0.260 e. The molecule has 29 heavy (non-hydrogen) atoms. The fraction of sp³-hybridized carbons (Fsp3) is 0.263. The van der Waals surface area contributed by atoms with Crippen LogP contribution in [0, 0.1) is 6.92 Å². The fourth-order valence-corrected chi connectivity index (χ4v) is 3.39. The number of sulfonamides is 1. The van der Waals surface area contributed by atoms with Crippen LogP contribution in [0.25, 0.3) is 0 Å². The number of nitrogens with one attached hydrogen (secondary N) is 1. The molecule has 0 aromatic heterocycles. The molecule has 2 N–H and O–H groups in total. The van der Waals surface area contributed by atoms with E-state index in [2.05, 4.69) is 10.5 Å². The van der Waals surface area contributed by atoms with Gasteiger partial charge in [0.2, 0.25) is 10.0 Å². The van der Waals surface area contributed by atoms with Gasteiger partial charge in [0.1, 0.15) is 6.54 Å². The zero-order valence-electron chi connectivity index (χ0n) is 16.2. The lowest BCUT2D eigenvalue weighted by Gasteiger charge is -2.21. The topological polar surface area (TPSA) is 108 Å². The standard InChI is InChI=1S/C19H22ClN3O5S/c1-4-28-18-9-14(6-8-17(18)24)11-21-22-19(25)12-23(29(3,26)27)15-7-5-13(2)16(20)10-15/h5-11,24H,4,12H2,1-3H3,(H,22,25)/b21-11-. The molecule has 0 heterocycles. The summed E-state index contributed by atoms with van der Waals surface area (Å²) in [5.41, 5.74) is 3.93. The van der Waals surface area contributed by atoms with Crippen LogP contribution in [0.2, 0.25) is 5.02 Å². The van der Waals surface area contributed by atoms with Gasteiger partial charge in [0.05, 0.1) is 24.8 Å². The Kier molecular flexibility index (Phi) is 7.46. The van der Waals surface area contributed by atoms with Gasteiger partial charge in [0, 0.05) is 5.02 Å². The second-order valence-corrected chi connectivity index (χ2v) is 8.47. The molecule has 0 radical (unpaired) electrons. The summed E-state index contributed by atoms with van der Waals surface area (Å²) in [4.78, 5) is 12.2. The Balaban J connectivity index is 2.10. The quantitative estimate of drug-likeness (QED) is 0.485. The van der Waals surface area contributed by atoms with Gasteiger partial charge in [-0.1, -0.05) is 17.7 Å². The first-order valence-corrected chi connectivity index (χ1v) is 10.9. The lowest BCUT2D eigenvalue weighted by Crippen LogP contribution is -2.39. The summed E-state index contributed by atoms with van der Waals surface area (Å²) in [7, 11) is -3.72. The van der Waals surface area contributed by atoms with E-state index in [0.717, 1.165) is 16.1 Å². The number of aryl methyl sites for hydroxylation is 1. The molecular formula is C19H22ClN3O5S. The second kappa shape index (κ2) is 9.62. The van der Waals surface area contributed by atoms with E-state index in [1.54, 1.807) is 38.1 Å². The van der Waals surface area contributed by atoms with Gasteiger partial charge in [0.25, 0.3) is 5.91 Å². The van der Waals surface area contributed by atoms with E-state index in [-0.39, 0.29) is 11.4 Å². The van der Waals surface area contributed by atoms with Crippen molar-refractivity contribution < 1.29 is 23.1 Å². The predicted molar refractivity (Wildman–Crippen MR) is 113 cm³/mol. The molecule has 0 aliphatic carbocycles. The fourth-order valence-electron chi connectivity index (χ4n) is 2.36. The van der Waals surface area contributed by atoms with Gasteiger partial charge in [-0.2, -0.15) is 5.10 Å². The molecule has 2 aromatic rings. The van der Waals surface area contributed by atoms with Crippen molar-refractivity contribution in [2.45, 2.75) is 13.8 Å². The predicted octanol–water partition coefficient (Wildman–Crippen LogP) is 2.67. The van der Waals surface area contributed by atoms with E-state index in [9.17, 15) is 18.3 Å². The molecule has 0 saturated heterocycles. The number of amides is 1. The molecular weight excluding hydrogens is 418 g/mol. The maximum Gasteiger partial charge on any atom is 0.260 e. The average molecular weight is 440 g/mol. The highest BCUT2D eigenvalue weighted by Crippen LogP contribution is 2.26. The lowest BCUT2D eigenvalue weighted by molar-refractivity contribution is -0.119. The molecule has 2 aromatic carbocycles. The summed E-state index contributed by atoms with van der Waals surface area (Å²) in [6, 6.07) is 9.33. The number of benzene rings is 2. The van der Waals surface area contributed by atoms with Crippen molar-refractivity contribution in [2.75, 3.05) is 23.7 Å². The molecule has 1 amide bonds. The van der Waals surface area contributed by atoms with Crippen LogP contribution < -0.4 is 14.5 Å². The Morgan fingerprint density at radius 1 is 1.31 bits per heavy atom. The van der Waals surface area contributed by atoms with Crippen molar-refractivity contribution in [3.05, 3.63) is 52.5 Å². The number of ether oxygens (including phenoxy) is 1. The van der Waals surface area contributed by atoms with Crippen LogP contribution in [0.3, 0.4) is 0 Å². The molecule has 10 heteroatoms.